The van der Waals surface area contributed by atoms with Gasteiger partial charge in [0.15, 0.2) is 0 Å². The maximum absolute atomic E-state index is 11.6. The molecule has 0 aromatic heterocycles. The maximum atomic E-state index is 11.6. The van der Waals surface area contributed by atoms with Crippen molar-refractivity contribution in [2.45, 2.75) is 32.2 Å². The van der Waals surface area contributed by atoms with E-state index in [4.69, 9.17) is 5.73 Å². The summed E-state index contributed by atoms with van der Waals surface area (Å²) in [4.78, 5) is 24.7. The molecule has 1 rings (SSSR count). The van der Waals surface area contributed by atoms with Gasteiger partial charge in [-0.25, -0.2) is 0 Å². The average molecular weight is 213 g/mol. The molecule has 0 unspecified atom stereocenters. The van der Waals surface area contributed by atoms with Crippen molar-refractivity contribution in [3.05, 3.63) is 0 Å². The lowest BCUT2D eigenvalue weighted by Crippen LogP contribution is -2.64. The van der Waals surface area contributed by atoms with Gasteiger partial charge >= 0.3 is 0 Å². The Balaban J connectivity index is 2.59. The van der Waals surface area contributed by atoms with E-state index in [9.17, 15) is 9.59 Å². The van der Waals surface area contributed by atoms with Gasteiger partial charge in [-0.2, -0.15) is 0 Å². The zero-order chi connectivity index (χ0) is 11.5. The average Bonchev–Trinajstić information content (AvgIpc) is 2.14. The van der Waals surface area contributed by atoms with E-state index in [2.05, 4.69) is 5.32 Å². The van der Waals surface area contributed by atoms with Crippen molar-refractivity contribution in [3.63, 3.8) is 0 Å². The number of piperazine rings is 1. The SMILES string of the molecule is CC1(C)C(=O)NC(=O)CN1CCCCN. The van der Waals surface area contributed by atoms with E-state index in [0.29, 0.717) is 13.1 Å². The molecular formula is C10H19N3O2. The lowest BCUT2D eigenvalue weighted by Gasteiger charge is -2.40. The Kier molecular flexibility index (Phi) is 3.82. The molecular weight excluding hydrogens is 194 g/mol. The quantitative estimate of drug-likeness (QED) is 0.486. The highest BCUT2D eigenvalue weighted by molar-refractivity contribution is 6.02. The molecule has 5 heteroatoms. The summed E-state index contributed by atoms with van der Waals surface area (Å²) >= 11 is 0. The molecule has 1 aliphatic heterocycles. The van der Waals surface area contributed by atoms with E-state index in [0.717, 1.165) is 19.4 Å². The number of hydrogen-bond acceptors (Lipinski definition) is 4. The molecule has 0 radical (unpaired) electrons. The van der Waals surface area contributed by atoms with Crippen LogP contribution in [-0.2, 0) is 9.59 Å². The monoisotopic (exact) mass is 213 g/mol. The standard InChI is InChI=1S/C10H19N3O2/c1-10(2)9(15)12-8(14)7-13(10)6-4-3-5-11/h3-7,11H2,1-2H3,(H,12,14,15). The maximum Gasteiger partial charge on any atom is 0.246 e. The van der Waals surface area contributed by atoms with Crippen LogP contribution < -0.4 is 11.1 Å². The van der Waals surface area contributed by atoms with Crippen molar-refractivity contribution in [1.82, 2.24) is 10.2 Å². The van der Waals surface area contributed by atoms with Crippen LogP contribution in [0.25, 0.3) is 0 Å². The van der Waals surface area contributed by atoms with Crippen LogP contribution in [0, 0.1) is 0 Å². The number of nitrogens with one attached hydrogen (secondary N) is 1. The van der Waals surface area contributed by atoms with E-state index < -0.39 is 5.54 Å². The van der Waals surface area contributed by atoms with E-state index in [1.165, 1.54) is 0 Å². The Hall–Kier alpha value is -0.940. The summed E-state index contributed by atoms with van der Waals surface area (Å²) in [5, 5.41) is 2.35. The van der Waals surface area contributed by atoms with Crippen LogP contribution in [0.4, 0.5) is 0 Å². The number of amides is 2. The summed E-state index contributed by atoms with van der Waals surface area (Å²) in [6.07, 6.45) is 1.84. The number of hydrogen-bond donors (Lipinski definition) is 2. The number of carbonyl (C=O) groups is 2. The van der Waals surface area contributed by atoms with Crippen LogP contribution >= 0.6 is 0 Å². The molecule has 0 bridgehead atoms. The first kappa shape index (κ1) is 12.1. The zero-order valence-electron chi connectivity index (χ0n) is 9.38. The molecule has 15 heavy (non-hydrogen) atoms. The fourth-order valence-electron chi connectivity index (χ4n) is 1.64. The Morgan fingerprint density at radius 2 is 2.07 bits per heavy atom. The van der Waals surface area contributed by atoms with Gasteiger partial charge in [0.1, 0.15) is 0 Å². The van der Waals surface area contributed by atoms with Gasteiger partial charge in [0.05, 0.1) is 12.1 Å². The van der Waals surface area contributed by atoms with Crippen molar-refractivity contribution < 1.29 is 9.59 Å². The van der Waals surface area contributed by atoms with Crippen molar-refractivity contribution in [3.8, 4) is 0 Å². The topological polar surface area (TPSA) is 75.4 Å². The highest BCUT2D eigenvalue weighted by Gasteiger charge is 2.40. The molecule has 2 amide bonds. The summed E-state index contributed by atoms with van der Waals surface area (Å²) in [5.74, 6) is -0.432. The predicted octanol–water partition coefficient (Wildman–Crippen LogP) is -0.538. The molecule has 0 spiro atoms. The van der Waals surface area contributed by atoms with E-state index in [1.807, 2.05) is 18.7 Å². The summed E-state index contributed by atoms with van der Waals surface area (Å²) in [7, 11) is 0. The van der Waals surface area contributed by atoms with Gasteiger partial charge in [-0.3, -0.25) is 19.8 Å². The molecule has 0 saturated carbocycles. The molecule has 1 fully saturated rings. The van der Waals surface area contributed by atoms with Gasteiger partial charge in [-0.05, 0) is 39.8 Å². The van der Waals surface area contributed by atoms with Gasteiger partial charge in [0.25, 0.3) is 0 Å². The van der Waals surface area contributed by atoms with E-state index >= 15 is 0 Å². The first-order valence-corrected chi connectivity index (χ1v) is 5.28. The fraction of sp³-hybridized carbons (Fsp3) is 0.800. The molecule has 5 nitrogen and oxygen atoms in total. The molecule has 3 N–H and O–H groups in total. The normalized spacial score (nSPS) is 21.5. The third-order valence-corrected chi connectivity index (χ3v) is 2.82. The molecule has 0 atom stereocenters. The first-order chi connectivity index (χ1) is 6.98. The largest absolute Gasteiger partial charge is 0.330 e. The number of nitrogens with two attached hydrogens (primary N) is 1. The summed E-state index contributed by atoms with van der Waals surface area (Å²) < 4.78 is 0. The predicted molar refractivity (Wildman–Crippen MR) is 57.1 cm³/mol. The highest BCUT2D eigenvalue weighted by Crippen LogP contribution is 2.18. The summed E-state index contributed by atoms with van der Waals surface area (Å²) in [5.41, 5.74) is 4.81. The molecule has 1 aliphatic rings. The minimum Gasteiger partial charge on any atom is -0.330 e. The smallest absolute Gasteiger partial charge is 0.246 e. The minimum atomic E-state index is -0.595. The third kappa shape index (κ3) is 2.76. The van der Waals surface area contributed by atoms with Crippen LogP contribution in [-0.4, -0.2) is 41.9 Å². The van der Waals surface area contributed by atoms with E-state index in [-0.39, 0.29) is 11.8 Å². The van der Waals surface area contributed by atoms with Gasteiger partial charge < -0.3 is 5.73 Å². The van der Waals surface area contributed by atoms with Crippen molar-refractivity contribution in [2.75, 3.05) is 19.6 Å². The van der Waals surface area contributed by atoms with Crippen molar-refractivity contribution in [2.24, 2.45) is 5.73 Å². The highest BCUT2D eigenvalue weighted by atomic mass is 16.2. The van der Waals surface area contributed by atoms with Gasteiger partial charge in [-0.15, -0.1) is 0 Å². The van der Waals surface area contributed by atoms with Gasteiger partial charge in [0, 0.05) is 0 Å². The Morgan fingerprint density at radius 3 is 2.67 bits per heavy atom. The Bertz CT molecular complexity index is 263. The number of nitrogens with zero attached hydrogens (tertiary/aromatic N) is 1. The molecule has 0 aromatic carbocycles. The molecule has 86 valence electrons. The molecule has 1 saturated heterocycles. The lowest BCUT2D eigenvalue weighted by atomic mass is 9.98. The lowest BCUT2D eigenvalue weighted by molar-refractivity contribution is -0.145. The van der Waals surface area contributed by atoms with Crippen LogP contribution in [0.3, 0.4) is 0 Å². The number of carbonyl (C=O) groups excluding carboxylic acids is 2. The first-order valence-electron chi connectivity index (χ1n) is 5.28. The van der Waals surface area contributed by atoms with Crippen LogP contribution in [0.5, 0.6) is 0 Å². The Labute approximate surface area is 90.0 Å². The van der Waals surface area contributed by atoms with E-state index in [1.54, 1.807) is 0 Å². The summed E-state index contributed by atoms with van der Waals surface area (Å²) in [6, 6.07) is 0. The van der Waals surface area contributed by atoms with Crippen molar-refractivity contribution >= 4 is 11.8 Å². The molecule has 1 heterocycles. The van der Waals surface area contributed by atoms with Crippen molar-refractivity contribution in [1.29, 1.82) is 0 Å². The second kappa shape index (κ2) is 4.72. The number of imide groups is 1. The second-order valence-electron chi connectivity index (χ2n) is 4.35. The Morgan fingerprint density at radius 1 is 1.40 bits per heavy atom. The second-order valence-corrected chi connectivity index (χ2v) is 4.35. The zero-order valence-corrected chi connectivity index (χ0v) is 9.38. The van der Waals surface area contributed by atoms with Gasteiger partial charge in [0.2, 0.25) is 11.8 Å². The number of unbranched alkanes of at least 4 members (excludes halogenated alkanes) is 1. The third-order valence-electron chi connectivity index (χ3n) is 2.82. The fourth-order valence-corrected chi connectivity index (χ4v) is 1.64. The van der Waals surface area contributed by atoms with Gasteiger partial charge in [-0.1, -0.05) is 0 Å². The molecule has 0 aromatic rings. The van der Waals surface area contributed by atoms with Crippen LogP contribution in [0.1, 0.15) is 26.7 Å². The minimum absolute atomic E-state index is 0.216. The summed E-state index contributed by atoms with van der Waals surface area (Å²) in [6.45, 7) is 5.34. The number of rotatable bonds is 4. The van der Waals surface area contributed by atoms with Crippen LogP contribution in [0.2, 0.25) is 0 Å². The molecule has 0 aliphatic carbocycles. The van der Waals surface area contributed by atoms with Crippen LogP contribution in [0.15, 0.2) is 0 Å².